The number of nitrogens with zero attached hydrogens (tertiary/aromatic N) is 2. The van der Waals surface area contributed by atoms with E-state index < -0.39 is 30.5 Å². The van der Waals surface area contributed by atoms with Gasteiger partial charge in [-0.15, -0.1) is 0 Å². The first-order chi connectivity index (χ1) is 11.9. The lowest BCUT2D eigenvalue weighted by molar-refractivity contribution is -0.158. The molecule has 3 rings (SSSR count). The predicted octanol–water partition coefficient (Wildman–Crippen LogP) is 2.78. The zero-order chi connectivity index (χ0) is 18.0. The Bertz CT molecular complexity index is 657. The van der Waals surface area contributed by atoms with Gasteiger partial charge in [0.1, 0.15) is 6.04 Å². The number of carbonyl (C=O) groups is 2. The van der Waals surface area contributed by atoms with Crippen molar-refractivity contribution < 1.29 is 22.8 Å². The normalized spacial score (nSPS) is 22.1. The lowest BCUT2D eigenvalue weighted by Crippen LogP contribution is -2.52. The highest BCUT2D eigenvalue weighted by atomic mass is 19.4. The first kappa shape index (κ1) is 17.7. The molecule has 2 aliphatic rings. The molecule has 1 fully saturated rings. The monoisotopic (exact) mass is 355 g/mol. The van der Waals surface area contributed by atoms with Gasteiger partial charge in [-0.05, 0) is 38.1 Å². The Labute approximate surface area is 143 Å². The molecule has 0 spiro atoms. The van der Waals surface area contributed by atoms with Crippen LogP contribution in [0.5, 0.6) is 0 Å². The molecule has 1 saturated heterocycles. The van der Waals surface area contributed by atoms with Crippen LogP contribution < -0.4 is 10.2 Å². The van der Waals surface area contributed by atoms with E-state index in [2.05, 4.69) is 5.32 Å². The molecule has 25 heavy (non-hydrogen) atoms. The molecule has 0 radical (unpaired) electrons. The Kier molecular flexibility index (Phi) is 4.99. The zero-order valence-electron chi connectivity index (χ0n) is 13.7. The smallest absolute Gasteiger partial charge is 0.324 e. The van der Waals surface area contributed by atoms with E-state index in [4.69, 9.17) is 0 Å². The van der Waals surface area contributed by atoms with Crippen LogP contribution in [0.2, 0.25) is 0 Å². The number of para-hydroxylation sites is 2. The van der Waals surface area contributed by atoms with E-state index in [1.54, 1.807) is 12.1 Å². The maximum absolute atomic E-state index is 13.6. The van der Waals surface area contributed by atoms with Crippen molar-refractivity contribution in [2.75, 3.05) is 29.9 Å². The zero-order valence-corrected chi connectivity index (χ0v) is 13.7. The van der Waals surface area contributed by atoms with Gasteiger partial charge in [0.2, 0.25) is 11.8 Å². The molecule has 1 aromatic carbocycles. The first-order valence-electron chi connectivity index (χ1n) is 8.36. The number of anilines is 2. The number of hydrogen-bond acceptors (Lipinski definition) is 3. The number of alkyl halides is 3. The second kappa shape index (κ2) is 7.03. The molecule has 0 bridgehead atoms. The van der Waals surface area contributed by atoms with E-state index in [9.17, 15) is 22.8 Å². The van der Waals surface area contributed by atoms with Crippen LogP contribution in [-0.2, 0) is 9.59 Å². The quantitative estimate of drug-likeness (QED) is 0.888. The number of benzene rings is 1. The average Bonchev–Trinajstić information content (AvgIpc) is 2.71. The highest BCUT2D eigenvalue weighted by Crippen LogP contribution is 2.37. The molecule has 136 valence electrons. The minimum atomic E-state index is -4.69. The fourth-order valence-electron chi connectivity index (χ4n) is 3.38. The van der Waals surface area contributed by atoms with Crippen molar-refractivity contribution in [2.45, 2.75) is 37.9 Å². The van der Waals surface area contributed by atoms with Crippen LogP contribution in [-0.4, -0.2) is 48.6 Å². The summed E-state index contributed by atoms with van der Waals surface area (Å²) in [4.78, 5) is 27.3. The fraction of sp³-hybridized carbons (Fsp3) is 0.529. The number of piperidine rings is 1. The summed E-state index contributed by atoms with van der Waals surface area (Å²) >= 11 is 0. The highest BCUT2D eigenvalue weighted by molar-refractivity contribution is 6.05. The van der Waals surface area contributed by atoms with Crippen molar-refractivity contribution in [1.29, 1.82) is 0 Å². The third-order valence-corrected chi connectivity index (χ3v) is 4.58. The first-order valence-corrected chi connectivity index (χ1v) is 8.36. The number of carbonyl (C=O) groups excluding carboxylic acids is 2. The number of halogens is 3. The maximum Gasteiger partial charge on any atom is 0.409 e. The molecule has 8 heteroatoms. The van der Waals surface area contributed by atoms with Gasteiger partial charge in [0.05, 0.1) is 24.3 Å². The number of fused-ring (bicyclic) bond motifs is 1. The Morgan fingerprint density at radius 2 is 1.84 bits per heavy atom. The molecule has 5 nitrogen and oxygen atoms in total. The molecule has 1 N–H and O–H groups in total. The Hall–Kier alpha value is -2.09. The fourth-order valence-corrected chi connectivity index (χ4v) is 3.38. The predicted molar refractivity (Wildman–Crippen MR) is 87.3 cm³/mol. The second-order valence-corrected chi connectivity index (χ2v) is 6.43. The van der Waals surface area contributed by atoms with Crippen LogP contribution in [0.4, 0.5) is 24.5 Å². The van der Waals surface area contributed by atoms with Gasteiger partial charge < -0.3 is 5.32 Å². The second-order valence-electron chi connectivity index (χ2n) is 6.43. The molecule has 2 aliphatic heterocycles. The van der Waals surface area contributed by atoms with Crippen molar-refractivity contribution in [2.24, 2.45) is 0 Å². The summed E-state index contributed by atoms with van der Waals surface area (Å²) < 4.78 is 40.8. The van der Waals surface area contributed by atoms with E-state index in [-0.39, 0.29) is 17.9 Å². The Balaban J connectivity index is 1.95. The van der Waals surface area contributed by atoms with Gasteiger partial charge >= 0.3 is 6.18 Å². The van der Waals surface area contributed by atoms with Crippen LogP contribution in [0.15, 0.2) is 24.3 Å². The van der Waals surface area contributed by atoms with Gasteiger partial charge in [0, 0.05) is 0 Å². The SMILES string of the molecule is O=C1CC(C(F)(F)F)N(C(=O)CN2CCCCC2)c2ccccc2N1. The van der Waals surface area contributed by atoms with E-state index >= 15 is 0 Å². The lowest BCUT2D eigenvalue weighted by Gasteiger charge is -2.34. The molecular weight excluding hydrogens is 335 g/mol. The summed E-state index contributed by atoms with van der Waals surface area (Å²) in [6.07, 6.45) is -2.55. The van der Waals surface area contributed by atoms with Gasteiger partial charge in [0.15, 0.2) is 0 Å². The average molecular weight is 355 g/mol. The van der Waals surface area contributed by atoms with Gasteiger partial charge in [-0.2, -0.15) is 13.2 Å². The summed E-state index contributed by atoms with van der Waals surface area (Å²) in [6, 6.07) is 3.96. The largest absolute Gasteiger partial charge is 0.409 e. The summed E-state index contributed by atoms with van der Waals surface area (Å²) in [6.45, 7) is 1.33. The van der Waals surface area contributed by atoms with Gasteiger partial charge in [-0.1, -0.05) is 18.6 Å². The number of rotatable bonds is 2. The number of likely N-dealkylation sites (tertiary alicyclic amines) is 1. The van der Waals surface area contributed by atoms with Gasteiger partial charge in [-0.3, -0.25) is 19.4 Å². The minimum absolute atomic E-state index is 0.0743. The topological polar surface area (TPSA) is 52.7 Å². The number of hydrogen-bond donors (Lipinski definition) is 1. The summed E-state index contributed by atoms with van der Waals surface area (Å²) in [5.74, 6) is -1.38. The molecule has 0 aliphatic carbocycles. The number of nitrogens with one attached hydrogen (secondary N) is 1. The molecular formula is C17H20F3N3O2. The standard InChI is InChI=1S/C17H20F3N3O2/c18-17(19,20)14-10-15(24)21-12-6-2-3-7-13(12)23(14)16(25)11-22-8-4-1-5-9-22/h2-3,6-7,14H,1,4-5,8-11H2,(H,21,24). The highest BCUT2D eigenvalue weighted by Gasteiger charge is 2.49. The summed E-state index contributed by atoms with van der Waals surface area (Å²) in [7, 11) is 0. The van der Waals surface area contributed by atoms with Crippen molar-refractivity contribution in [1.82, 2.24) is 4.90 Å². The Morgan fingerprint density at radius 1 is 1.16 bits per heavy atom. The molecule has 0 aromatic heterocycles. The van der Waals surface area contributed by atoms with Crippen LogP contribution >= 0.6 is 0 Å². The van der Waals surface area contributed by atoms with Crippen molar-refractivity contribution in [3.63, 3.8) is 0 Å². The Morgan fingerprint density at radius 3 is 2.52 bits per heavy atom. The third-order valence-electron chi connectivity index (χ3n) is 4.58. The molecule has 0 saturated carbocycles. The van der Waals surface area contributed by atoms with E-state index in [1.807, 2.05) is 4.90 Å². The van der Waals surface area contributed by atoms with Crippen LogP contribution in [0.25, 0.3) is 0 Å². The van der Waals surface area contributed by atoms with Gasteiger partial charge in [-0.25, -0.2) is 0 Å². The van der Waals surface area contributed by atoms with Crippen molar-refractivity contribution in [3.05, 3.63) is 24.3 Å². The maximum atomic E-state index is 13.6. The van der Waals surface area contributed by atoms with Crippen LogP contribution in [0, 0.1) is 0 Å². The third kappa shape index (κ3) is 3.95. The summed E-state index contributed by atoms with van der Waals surface area (Å²) in [5, 5.41) is 2.47. The molecule has 1 atom stereocenters. The number of amides is 2. The van der Waals surface area contributed by atoms with Gasteiger partial charge in [0.25, 0.3) is 0 Å². The van der Waals surface area contributed by atoms with E-state index in [1.165, 1.54) is 12.1 Å². The molecule has 1 aromatic rings. The van der Waals surface area contributed by atoms with Crippen molar-refractivity contribution in [3.8, 4) is 0 Å². The summed E-state index contributed by atoms with van der Waals surface area (Å²) in [5.41, 5.74) is 0.323. The molecule has 2 amide bonds. The molecule has 1 unspecified atom stereocenters. The van der Waals surface area contributed by atoms with Crippen LogP contribution in [0.3, 0.4) is 0 Å². The van der Waals surface area contributed by atoms with E-state index in [0.717, 1.165) is 24.2 Å². The van der Waals surface area contributed by atoms with Crippen molar-refractivity contribution >= 4 is 23.2 Å². The molecule has 2 heterocycles. The van der Waals surface area contributed by atoms with E-state index in [0.29, 0.717) is 13.1 Å². The minimum Gasteiger partial charge on any atom is -0.324 e. The lowest BCUT2D eigenvalue weighted by atomic mass is 10.1. The van der Waals surface area contributed by atoms with Crippen LogP contribution in [0.1, 0.15) is 25.7 Å².